The number of Topliss-reactive ketones (excluding diaryl/α,β-unsaturated/α-hetero) is 1. The van der Waals surface area contributed by atoms with Crippen molar-refractivity contribution in [2.75, 3.05) is 5.32 Å². The lowest BCUT2D eigenvalue weighted by Crippen LogP contribution is -2.22. The SMILES string of the molecule is CC(=O)c1ccc(NC(=O)C(C)Sc2n[nH]c(CC3CCCC3)n2)cc1. The van der Waals surface area contributed by atoms with Gasteiger partial charge in [0.25, 0.3) is 0 Å². The minimum Gasteiger partial charge on any atom is -0.325 e. The Balaban J connectivity index is 1.52. The van der Waals surface area contributed by atoms with Crippen molar-refractivity contribution in [1.82, 2.24) is 15.2 Å². The zero-order valence-electron chi connectivity index (χ0n) is 15.1. The molecule has 1 aromatic heterocycles. The second-order valence-corrected chi connectivity index (χ2v) is 8.11. The van der Waals surface area contributed by atoms with Gasteiger partial charge in [-0.05, 0) is 44.0 Å². The average Bonchev–Trinajstić information content (AvgIpc) is 3.28. The number of anilines is 1. The molecule has 2 aromatic rings. The summed E-state index contributed by atoms with van der Waals surface area (Å²) in [6, 6.07) is 6.89. The molecule has 1 heterocycles. The number of carbonyl (C=O) groups is 2. The molecule has 1 aliphatic rings. The van der Waals surface area contributed by atoms with Gasteiger partial charge in [-0.25, -0.2) is 4.98 Å². The number of hydrogen-bond acceptors (Lipinski definition) is 5. The van der Waals surface area contributed by atoms with E-state index in [9.17, 15) is 9.59 Å². The highest BCUT2D eigenvalue weighted by atomic mass is 32.2. The van der Waals surface area contributed by atoms with E-state index in [-0.39, 0.29) is 16.9 Å². The third-order valence-corrected chi connectivity index (χ3v) is 5.64. The molecule has 138 valence electrons. The molecule has 1 fully saturated rings. The van der Waals surface area contributed by atoms with E-state index in [1.807, 2.05) is 6.92 Å². The molecule has 0 saturated heterocycles. The van der Waals surface area contributed by atoms with E-state index < -0.39 is 0 Å². The van der Waals surface area contributed by atoms with Crippen molar-refractivity contribution >= 4 is 29.1 Å². The lowest BCUT2D eigenvalue weighted by Gasteiger charge is -2.10. The van der Waals surface area contributed by atoms with Crippen LogP contribution in [0.2, 0.25) is 0 Å². The fraction of sp³-hybridized carbons (Fsp3) is 0.474. The van der Waals surface area contributed by atoms with Gasteiger partial charge in [0, 0.05) is 17.7 Å². The molecular formula is C19H24N4O2S. The number of nitrogens with zero attached hydrogens (tertiary/aromatic N) is 2. The van der Waals surface area contributed by atoms with Crippen molar-refractivity contribution in [2.24, 2.45) is 5.92 Å². The van der Waals surface area contributed by atoms with Crippen LogP contribution in [0.3, 0.4) is 0 Å². The van der Waals surface area contributed by atoms with Gasteiger partial charge in [0.2, 0.25) is 11.1 Å². The van der Waals surface area contributed by atoms with Crippen LogP contribution < -0.4 is 5.32 Å². The summed E-state index contributed by atoms with van der Waals surface area (Å²) < 4.78 is 0. The van der Waals surface area contributed by atoms with Crippen LogP contribution in [0.4, 0.5) is 5.69 Å². The summed E-state index contributed by atoms with van der Waals surface area (Å²) in [5.41, 5.74) is 1.30. The van der Waals surface area contributed by atoms with Crippen LogP contribution in [0, 0.1) is 5.92 Å². The second kappa shape index (κ2) is 8.49. The summed E-state index contributed by atoms with van der Waals surface area (Å²) in [6.07, 6.45) is 6.10. The Bertz CT molecular complexity index is 766. The Morgan fingerprint density at radius 3 is 2.62 bits per heavy atom. The first-order valence-corrected chi connectivity index (χ1v) is 9.89. The lowest BCUT2D eigenvalue weighted by molar-refractivity contribution is -0.115. The van der Waals surface area contributed by atoms with E-state index in [0.717, 1.165) is 12.2 Å². The predicted molar refractivity (Wildman–Crippen MR) is 102 cm³/mol. The first kappa shape index (κ1) is 18.6. The fourth-order valence-corrected chi connectivity index (χ4v) is 3.90. The summed E-state index contributed by atoms with van der Waals surface area (Å²) in [5.74, 6) is 1.50. The van der Waals surface area contributed by atoms with Gasteiger partial charge in [-0.1, -0.05) is 37.4 Å². The van der Waals surface area contributed by atoms with Crippen molar-refractivity contribution in [3.05, 3.63) is 35.7 Å². The molecule has 1 amide bonds. The molecule has 0 aliphatic heterocycles. The molecule has 0 bridgehead atoms. The van der Waals surface area contributed by atoms with E-state index >= 15 is 0 Å². The fourth-order valence-electron chi connectivity index (χ4n) is 3.15. The molecular weight excluding hydrogens is 348 g/mol. The van der Waals surface area contributed by atoms with Crippen molar-refractivity contribution in [3.8, 4) is 0 Å². The summed E-state index contributed by atoms with van der Waals surface area (Å²) in [6.45, 7) is 3.35. The van der Waals surface area contributed by atoms with Gasteiger partial charge in [-0.3, -0.25) is 14.7 Å². The van der Waals surface area contributed by atoms with Gasteiger partial charge in [-0.2, -0.15) is 0 Å². The number of hydrogen-bond donors (Lipinski definition) is 2. The van der Waals surface area contributed by atoms with Gasteiger partial charge in [0.15, 0.2) is 5.78 Å². The number of aromatic nitrogens is 3. The van der Waals surface area contributed by atoms with E-state index in [2.05, 4.69) is 20.5 Å². The summed E-state index contributed by atoms with van der Waals surface area (Å²) in [4.78, 5) is 28.2. The average molecular weight is 372 g/mol. The van der Waals surface area contributed by atoms with Crippen molar-refractivity contribution in [1.29, 1.82) is 0 Å². The molecule has 1 aromatic carbocycles. The molecule has 0 radical (unpaired) electrons. The van der Waals surface area contributed by atoms with E-state index in [0.29, 0.717) is 22.3 Å². The number of benzene rings is 1. The lowest BCUT2D eigenvalue weighted by atomic mass is 10.0. The van der Waals surface area contributed by atoms with E-state index in [1.165, 1.54) is 44.4 Å². The molecule has 7 heteroatoms. The van der Waals surface area contributed by atoms with Crippen LogP contribution in [-0.4, -0.2) is 32.1 Å². The predicted octanol–water partition coefficient (Wildman–Crippen LogP) is 3.86. The van der Waals surface area contributed by atoms with Gasteiger partial charge >= 0.3 is 0 Å². The Morgan fingerprint density at radius 1 is 1.27 bits per heavy atom. The van der Waals surface area contributed by atoms with Crippen molar-refractivity contribution in [2.45, 2.75) is 56.4 Å². The van der Waals surface area contributed by atoms with Crippen LogP contribution in [0.1, 0.15) is 55.7 Å². The molecule has 6 nitrogen and oxygen atoms in total. The maximum atomic E-state index is 12.4. The number of H-pyrrole nitrogens is 1. The normalized spacial score (nSPS) is 15.8. The van der Waals surface area contributed by atoms with Crippen LogP contribution in [0.15, 0.2) is 29.4 Å². The van der Waals surface area contributed by atoms with Crippen LogP contribution in [0.5, 0.6) is 0 Å². The third kappa shape index (κ3) is 4.94. The molecule has 1 atom stereocenters. The second-order valence-electron chi connectivity index (χ2n) is 6.80. The van der Waals surface area contributed by atoms with Gasteiger partial charge < -0.3 is 5.32 Å². The number of amides is 1. The maximum Gasteiger partial charge on any atom is 0.237 e. The first-order chi connectivity index (χ1) is 12.5. The Morgan fingerprint density at radius 2 is 1.96 bits per heavy atom. The molecule has 26 heavy (non-hydrogen) atoms. The highest BCUT2D eigenvalue weighted by molar-refractivity contribution is 8.00. The van der Waals surface area contributed by atoms with E-state index in [4.69, 9.17) is 0 Å². The molecule has 1 saturated carbocycles. The van der Waals surface area contributed by atoms with Crippen molar-refractivity contribution < 1.29 is 9.59 Å². The topological polar surface area (TPSA) is 87.7 Å². The molecule has 2 N–H and O–H groups in total. The summed E-state index contributed by atoms with van der Waals surface area (Å²) in [7, 11) is 0. The van der Waals surface area contributed by atoms with Crippen LogP contribution >= 0.6 is 11.8 Å². The summed E-state index contributed by atoms with van der Waals surface area (Å²) in [5, 5.41) is 10.4. The van der Waals surface area contributed by atoms with Crippen LogP contribution in [0.25, 0.3) is 0 Å². The molecule has 1 aliphatic carbocycles. The highest BCUT2D eigenvalue weighted by Crippen LogP contribution is 2.28. The Kier molecular flexibility index (Phi) is 6.08. The summed E-state index contributed by atoms with van der Waals surface area (Å²) >= 11 is 1.34. The van der Waals surface area contributed by atoms with E-state index in [1.54, 1.807) is 24.3 Å². The molecule has 0 spiro atoms. The molecule has 1 unspecified atom stereocenters. The minimum absolute atomic E-state index is 0.00446. The van der Waals surface area contributed by atoms with Gasteiger partial charge in [0.05, 0.1) is 5.25 Å². The quantitative estimate of drug-likeness (QED) is 0.569. The minimum atomic E-state index is -0.322. The third-order valence-electron chi connectivity index (χ3n) is 4.68. The smallest absolute Gasteiger partial charge is 0.237 e. The first-order valence-electron chi connectivity index (χ1n) is 9.01. The standard InChI is InChI=1S/C19H24N4O2S/c1-12(24)15-7-9-16(10-8-15)20-18(25)13(2)26-19-21-17(22-23-19)11-14-5-3-4-6-14/h7-10,13-14H,3-6,11H2,1-2H3,(H,20,25)(H,21,22,23). The number of carbonyl (C=O) groups excluding carboxylic acids is 2. The van der Waals surface area contributed by atoms with Gasteiger partial charge in [-0.15, -0.1) is 5.10 Å². The van der Waals surface area contributed by atoms with Gasteiger partial charge in [0.1, 0.15) is 5.82 Å². The Labute approximate surface area is 157 Å². The zero-order valence-corrected chi connectivity index (χ0v) is 15.9. The zero-order chi connectivity index (χ0) is 18.5. The number of rotatable bonds is 7. The Hall–Kier alpha value is -2.15. The van der Waals surface area contributed by atoms with Crippen molar-refractivity contribution in [3.63, 3.8) is 0 Å². The highest BCUT2D eigenvalue weighted by Gasteiger charge is 2.20. The monoisotopic (exact) mass is 372 g/mol. The van der Waals surface area contributed by atoms with Crippen LogP contribution in [-0.2, 0) is 11.2 Å². The number of aromatic amines is 1. The molecule has 3 rings (SSSR count). The maximum absolute atomic E-state index is 12.4. The number of thioether (sulfide) groups is 1. The number of ketones is 1. The number of nitrogens with one attached hydrogen (secondary N) is 2. The largest absolute Gasteiger partial charge is 0.325 e.